The Bertz CT molecular complexity index is 376. The Morgan fingerprint density at radius 1 is 1.64 bits per heavy atom. The van der Waals surface area contributed by atoms with E-state index in [4.69, 9.17) is 5.26 Å². The molecule has 0 unspecified atom stereocenters. The zero-order chi connectivity index (χ0) is 8.43. The predicted molar refractivity (Wildman–Crippen MR) is 42.4 cm³/mol. The molecule has 1 heterocycles. The van der Waals surface area contributed by atoms with Gasteiger partial charge in [-0.15, -0.1) is 11.3 Å². The lowest BCUT2D eigenvalue weighted by atomic mass is 10.3. The molecule has 5 heteroatoms. The molecule has 0 atom stereocenters. The van der Waals surface area contributed by atoms with E-state index in [-0.39, 0.29) is 10.5 Å². The first-order chi connectivity index (χ1) is 5.16. The fourth-order valence-electron chi connectivity index (χ4n) is 0.755. The fraction of sp³-hybridized carbons (Fsp3) is 0.167. The lowest BCUT2D eigenvalue weighted by Crippen LogP contribution is -1.82. The molecule has 0 saturated heterocycles. The number of hydrogen-bond acceptors (Lipinski definition) is 4. The standard InChI is InChI=1S/C6H5NO2S2/c1-4-6(11(8)9)5(2-7)3-10-4/h3,11H,1H3. The molecule has 1 rings (SSSR count). The highest BCUT2D eigenvalue weighted by atomic mass is 32.2. The molecule has 0 aliphatic heterocycles. The van der Waals surface area contributed by atoms with Gasteiger partial charge in [0, 0.05) is 10.3 Å². The first-order valence-corrected chi connectivity index (χ1v) is 4.85. The van der Waals surface area contributed by atoms with Gasteiger partial charge in [0.05, 0.1) is 10.5 Å². The molecule has 0 spiro atoms. The van der Waals surface area contributed by atoms with Crippen molar-refractivity contribution >= 4 is 22.0 Å². The molecule has 0 aromatic carbocycles. The Hall–Kier alpha value is -0.860. The number of nitriles is 1. The van der Waals surface area contributed by atoms with E-state index in [2.05, 4.69) is 0 Å². The van der Waals surface area contributed by atoms with Crippen molar-refractivity contribution in [3.63, 3.8) is 0 Å². The summed E-state index contributed by atoms with van der Waals surface area (Å²) in [4.78, 5) is 0.852. The molecule has 0 bridgehead atoms. The van der Waals surface area contributed by atoms with Gasteiger partial charge in [-0.2, -0.15) is 5.26 Å². The maximum Gasteiger partial charge on any atom is 0.170 e. The van der Waals surface area contributed by atoms with Gasteiger partial charge in [0.25, 0.3) is 0 Å². The molecule has 0 N–H and O–H groups in total. The molecule has 58 valence electrons. The Labute approximate surface area is 69.9 Å². The van der Waals surface area contributed by atoms with Crippen molar-refractivity contribution in [1.29, 1.82) is 5.26 Å². The summed E-state index contributed by atoms with van der Waals surface area (Å²) in [6.45, 7) is 1.69. The number of nitrogens with zero attached hydrogens (tertiary/aromatic N) is 1. The Morgan fingerprint density at radius 3 is 2.64 bits per heavy atom. The van der Waals surface area contributed by atoms with Crippen LogP contribution in [0.3, 0.4) is 0 Å². The van der Waals surface area contributed by atoms with Crippen LogP contribution in [-0.2, 0) is 10.7 Å². The number of aryl methyl sites for hydroxylation is 1. The molecular formula is C6H5NO2S2. The zero-order valence-electron chi connectivity index (χ0n) is 5.70. The summed E-state index contributed by atoms with van der Waals surface area (Å²) in [6.07, 6.45) is 0. The maximum atomic E-state index is 10.6. The minimum atomic E-state index is -2.62. The van der Waals surface area contributed by atoms with Crippen molar-refractivity contribution in [2.24, 2.45) is 0 Å². The second-order valence-corrected chi connectivity index (χ2v) is 3.97. The van der Waals surface area contributed by atoms with E-state index < -0.39 is 10.7 Å². The predicted octanol–water partition coefficient (Wildman–Crippen LogP) is 0.898. The minimum Gasteiger partial charge on any atom is -0.227 e. The van der Waals surface area contributed by atoms with Crippen LogP contribution in [0.1, 0.15) is 10.4 Å². The fourth-order valence-corrected chi connectivity index (χ4v) is 2.48. The van der Waals surface area contributed by atoms with Gasteiger partial charge in [0.15, 0.2) is 10.7 Å². The summed E-state index contributed by atoms with van der Waals surface area (Å²) in [7, 11) is -2.62. The van der Waals surface area contributed by atoms with Crippen LogP contribution < -0.4 is 0 Å². The summed E-state index contributed by atoms with van der Waals surface area (Å²) in [6, 6.07) is 1.82. The first kappa shape index (κ1) is 8.24. The highest BCUT2D eigenvalue weighted by Gasteiger charge is 2.09. The number of thiophene rings is 1. The molecule has 0 saturated carbocycles. The van der Waals surface area contributed by atoms with Gasteiger partial charge >= 0.3 is 0 Å². The van der Waals surface area contributed by atoms with Crippen molar-refractivity contribution in [1.82, 2.24) is 0 Å². The molecule has 1 aromatic rings. The topological polar surface area (TPSA) is 57.9 Å². The number of thiol groups is 1. The molecule has 0 amide bonds. The molecule has 0 aliphatic rings. The number of rotatable bonds is 1. The third kappa shape index (κ3) is 1.42. The summed E-state index contributed by atoms with van der Waals surface area (Å²) in [5.74, 6) is 0. The average Bonchev–Trinajstić information content (AvgIpc) is 2.30. The summed E-state index contributed by atoms with van der Waals surface area (Å²) in [5, 5.41) is 10.0. The molecule has 3 nitrogen and oxygen atoms in total. The van der Waals surface area contributed by atoms with Crippen LogP contribution in [0.15, 0.2) is 10.3 Å². The van der Waals surface area contributed by atoms with Gasteiger partial charge in [0.1, 0.15) is 6.07 Å². The van der Waals surface area contributed by atoms with Crippen LogP contribution in [0, 0.1) is 18.3 Å². The smallest absolute Gasteiger partial charge is 0.170 e. The zero-order valence-corrected chi connectivity index (χ0v) is 7.41. The van der Waals surface area contributed by atoms with Crippen molar-refractivity contribution in [3.8, 4) is 6.07 Å². The van der Waals surface area contributed by atoms with E-state index in [0.29, 0.717) is 4.88 Å². The second-order valence-electron chi connectivity index (χ2n) is 1.92. The van der Waals surface area contributed by atoms with Crippen molar-refractivity contribution in [2.75, 3.05) is 0 Å². The van der Waals surface area contributed by atoms with Crippen molar-refractivity contribution in [3.05, 3.63) is 15.8 Å². The van der Waals surface area contributed by atoms with Crippen LogP contribution in [0.2, 0.25) is 0 Å². The highest BCUT2D eigenvalue weighted by molar-refractivity contribution is 7.72. The van der Waals surface area contributed by atoms with E-state index in [0.717, 1.165) is 0 Å². The van der Waals surface area contributed by atoms with E-state index in [1.165, 1.54) is 11.3 Å². The molecule has 0 aliphatic carbocycles. The average molecular weight is 187 g/mol. The first-order valence-electron chi connectivity index (χ1n) is 2.79. The van der Waals surface area contributed by atoms with Gasteiger partial charge in [-0.3, -0.25) is 0 Å². The molecule has 1 aromatic heterocycles. The molecule has 0 fully saturated rings. The Balaban J connectivity index is 3.44. The third-order valence-electron chi connectivity index (χ3n) is 1.25. The third-order valence-corrected chi connectivity index (χ3v) is 3.25. The highest BCUT2D eigenvalue weighted by Crippen LogP contribution is 2.21. The Kier molecular flexibility index (Phi) is 2.27. The monoisotopic (exact) mass is 187 g/mol. The van der Waals surface area contributed by atoms with E-state index in [1.807, 2.05) is 6.07 Å². The van der Waals surface area contributed by atoms with Crippen LogP contribution >= 0.6 is 11.3 Å². The van der Waals surface area contributed by atoms with Gasteiger partial charge < -0.3 is 0 Å². The van der Waals surface area contributed by atoms with Crippen LogP contribution in [0.25, 0.3) is 0 Å². The lowest BCUT2D eigenvalue weighted by molar-refractivity contribution is 0.614. The van der Waals surface area contributed by atoms with Crippen molar-refractivity contribution in [2.45, 2.75) is 11.8 Å². The van der Waals surface area contributed by atoms with E-state index in [1.54, 1.807) is 12.3 Å². The normalized spacial score (nSPS) is 9.91. The van der Waals surface area contributed by atoms with Crippen LogP contribution in [-0.4, -0.2) is 8.42 Å². The molecular weight excluding hydrogens is 182 g/mol. The minimum absolute atomic E-state index is 0.174. The van der Waals surface area contributed by atoms with E-state index >= 15 is 0 Å². The lowest BCUT2D eigenvalue weighted by Gasteiger charge is -1.85. The van der Waals surface area contributed by atoms with Crippen LogP contribution in [0.5, 0.6) is 0 Å². The van der Waals surface area contributed by atoms with Gasteiger partial charge in [0.2, 0.25) is 0 Å². The summed E-state index contributed by atoms with van der Waals surface area (Å²) >= 11 is 1.28. The molecule has 11 heavy (non-hydrogen) atoms. The van der Waals surface area contributed by atoms with Gasteiger partial charge in [-0.05, 0) is 6.92 Å². The second kappa shape index (κ2) is 3.03. The summed E-state index contributed by atoms with van der Waals surface area (Å²) < 4.78 is 21.1. The Morgan fingerprint density at radius 2 is 2.27 bits per heavy atom. The van der Waals surface area contributed by atoms with E-state index in [9.17, 15) is 8.42 Å². The van der Waals surface area contributed by atoms with Gasteiger partial charge in [-0.1, -0.05) is 0 Å². The maximum absolute atomic E-state index is 10.6. The van der Waals surface area contributed by atoms with Gasteiger partial charge in [-0.25, -0.2) is 8.42 Å². The largest absolute Gasteiger partial charge is 0.227 e. The summed E-state index contributed by atoms with van der Waals surface area (Å²) in [5.41, 5.74) is 0.253. The SMILES string of the molecule is Cc1scc(C#N)c1[SH](=O)=O. The number of hydrogen-bond donors (Lipinski definition) is 1. The van der Waals surface area contributed by atoms with Crippen LogP contribution in [0.4, 0.5) is 0 Å². The molecule has 0 radical (unpaired) electrons. The quantitative estimate of drug-likeness (QED) is 0.664. The van der Waals surface area contributed by atoms with Crippen molar-refractivity contribution < 1.29 is 8.42 Å².